The zero-order chi connectivity index (χ0) is 14.9. The number of rotatable bonds is 2. The van der Waals surface area contributed by atoms with Crippen molar-refractivity contribution in [3.05, 3.63) is 72.4 Å². The molecule has 0 saturated carbocycles. The molecule has 0 bridgehead atoms. The summed E-state index contributed by atoms with van der Waals surface area (Å²) in [5.41, 5.74) is 4.06. The molecule has 1 heterocycles. The van der Waals surface area contributed by atoms with E-state index in [9.17, 15) is 0 Å². The summed E-state index contributed by atoms with van der Waals surface area (Å²) in [6, 6.07) is 20.7. The molecule has 0 atom stereocenters. The minimum absolute atomic E-state index is 0.756. The normalized spacial score (nSPS) is 11.0. The second kappa shape index (κ2) is 5.11. The van der Waals surface area contributed by atoms with Crippen molar-refractivity contribution in [3.8, 4) is 0 Å². The van der Waals surface area contributed by atoms with Gasteiger partial charge in [-0.05, 0) is 42.0 Å². The van der Waals surface area contributed by atoms with Gasteiger partial charge in [0.05, 0.1) is 17.2 Å². The van der Waals surface area contributed by atoms with Crippen LogP contribution in [0.4, 0.5) is 11.5 Å². The molecule has 4 aromatic rings. The van der Waals surface area contributed by atoms with E-state index < -0.39 is 0 Å². The maximum atomic E-state index is 4.67. The van der Waals surface area contributed by atoms with Gasteiger partial charge in [-0.15, -0.1) is 0 Å². The van der Waals surface area contributed by atoms with Crippen LogP contribution in [-0.2, 0) is 0 Å². The van der Waals surface area contributed by atoms with Crippen molar-refractivity contribution in [2.45, 2.75) is 6.92 Å². The van der Waals surface area contributed by atoms with Crippen molar-refractivity contribution >= 4 is 33.3 Å². The van der Waals surface area contributed by atoms with E-state index in [1.807, 2.05) is 24.3 Å². The molecule has 3 aromatic carbocycles. The van der Waals surface area contributed by atoms with Crippen LogP contribution in [0.1, 0.15) is 5.56 Å². The Bertz CT molecular complexity index is 959. The fourth-order valence-electron chi connectivity index (χ4n) is 2.54. The standard InChI is InChI=1S/C19H15N3/c1-13-6-8-16(9-7-13)21-19-12-20-17-10-14-4-2-3-5-15(14)11-18(17)22-19/h2-12H,1H3,(H,21,22). The average molecular weight is 285 g/mol. The SMILES string of the molecule is Cc1ccc(Nc2cnc3cc4ccccc4cc3n2)cc1. The number of hydrogen-bond donors (Lipinski definition) is 1. The molecular formula is C19H15N3. The van der Waals surface area contributed by atoms with Gasteiger partial charge in [0.15, 0.2) is 0 Å². The molecule has 22 heavy (non-hydrogen) atoms. The van der Waals surface area contributed by atoms with Gasteiger partial charge in [0, 0.05) is 5.69 Å². The fourth-order valence-corrected chi connectivity index (χ4v) is 2.54. The Morgan fingerprint density at radius 3 is 2.23 bits per heavy atom. The highest BCUT2D eigenvalue weighted by Gasteiger charge is 2.03. The highest BCUT2D eigenvalue weighted by Crippen LogP contribution is 2.22. The van der Waals surface area contributed by atoms with Crippen LogP contribution in [0.5, 0.6) is 0 Å². The summed E-state index contributed by atoms with van der Waals surface area (Å²) < 4.78 is 0. The fraction of sp³-hybridized carbons (Fsp3) is 0.0526. The molecule has 106 valence electrons. The molecule has 0 aliphatic carbocycles. The molecule has 1 aromatic heterocycles. The second-order valence-corrected chi connectivity index (χ2v) is 5.43. The van der Waals surface area contributed by atoms with Gasteiger partial charge in [-0.25, -0.2) is 4.98 Å². The van der Waals surface area contributed by atoms with E-state index in [4.69, 9.17) is 0 Å². The van der Waals surface area contributed by atoms with Gasteiger partial charge in [0.1, 0.15) is 5.82 Å². The van der Waals surface area contributed by atoms with Crippen LogP contribution >= 0.6 is 0 Å². The molecule has 0 amide bonds. The predicted octanol–water partition coefficient (Wildman–Crippen LogP) is 4.84. The van der Waals surface area contributed by atoms with E-state index in [1.54, 1.807) is 6.20 Å². The minimum Gasteiger partial charge on any atom is -0.339 e. The van der Waals surface area contributed by atoms with Crippen molar-refractivity contribution in [2.24, 2.45) is 0 Å². The summed E-state index contributed by atoms with van der Waals surface area (Å²) in [7, 11) is 0. The number of benzene rings is 3. The minimum atomic E-state index is 0.756. The van der Waals surface area contributed by atoms with Crippen molar-refractivity contribution in [3.63, 3.8) is 0 Å². The molecule has 1 N–H and O–H groups in total. The number of nitrogens with one attached hydrogen (secondary N) is 1. The Kier molecular flexibility index (Phi) is 2.97. The number of anilines is 2. The molecular weight excluding hydrogens is 270 g/mol. The molecule has 0 saturated heterocycles. The van der Waals surface area contributed by atoms with Gasteiger partial charge in [-0.3, -0.25) is 4.98 Å². The third kappa shape index (κ3) is 2.37. The van der Waals surface area contributed by atoms with Gasteiger partial charge in [-0.2, -0.15) is 0 Å². The Morgan fingerprint density at radius 1 is 0.818 bits per heavy atom. The Labute approximate surface area is 128 Å². The van der Waals surface area contributed by atoms with Crippen LogP contribution in [-0.4, -0.2) is 9.97 Å². The third-order valence-corrected chi connectivity index (χ3v) is 3.73. The molecule has 0 fully saturated rings. The summed E-state index contributed by atoms with van der Waals surface area (Å²) in [6.07, 6.45) is 1.77. The van der Waals surface area contributed by atoms with Gasteiger partial charge >= 0.3 is 0 Å². The number of aromatic nitrogens is 2. The van der Waals surface area contributed by atoms with E-state index >= 15 is 0 Å². The Balaban J connectivity index is 1.76. The first kappa shape index (κ1) is 12.8. The number of aryl methyl sites for hydroxylation is 1. The zero-order valence-corrected chi connectivity index (χ0v) is 12.2. The lowest BCUT2D eigenvalue weighted by Crippen LogP contribution is -1.95. The summed E-state index contributed by atoms with van der Waals surface area (Å²) >= 11 is 0. The lowest BCUT2D eigenvalue weighted by molar-refractivity contribution is 1.28. The van der Waals surface area contributed by atoms with Crippen LogP contribution in [0.15, 0.2) is 66.9 Å². The molecule has 4 rings (SSSR count). The first-order valence-electron chi connectivity index (χ1n) is 7.27. The van der Waals surface area contributed by atoms with E-state index in [2.05, 4.69) is 58.6 Å². The van der Waals surface area contributed by atoms with Crippen LogP contribution in [0.25, 0.3) is 21.8 Å². The summed E-state index contributed by atoms with van der Waals surface area (Å²) in [6.45, 7) is 2.07. The summed E-state index contributed by atoms with van der Waals surface area (Å²) in [4.78, 5) is 9.19. The smallest absolute Gasteiger partial charge is 0.149 e. The second-order valence-electron chi connectivity index (χ2n) is 5.43. The predicted molar refractivity (Wildman–Crippen MR) is 91.5 cm³/mol. The molecule has 0 aliphatic rings. The van der Waals surface area contributed by atoms with Crippen LogP contribution in [0.3, 0.4) is 0 Å². The van der Waals surface area contributed by atoms with Crippen molar-refractivity contribution in [2.75, 3.05) is 5.32 Å². The number of fused-ring (bicyclic) bond motifs is 2. The van der Waals surface area contributed by atoms with Gasteiger partial charge in [0.25, 0.3) is 0 Å². The number of hydrogen-bond acceptors (Lipinski definition) is 3. The average Bonchev–Trinajstić information content (AvgIpc) is 2.55. The van der Waals surface area contributed by atoms with Crippen molar-refractivity contribution in [1.29, 1.82) is 0 Å². The van der Waals surface area contributed by atoms with Gasteiger partial charge in [0.2, 0.25) is 0 Å². The van der Waals surface area contributed by atoms with Crippen molar-refractivity contribution in [1.82, 2.24) is 9.97 Å². The highest BCUT2D eigenvalue weighted by atomic mass is 15.0. The Hall–Kier alpha value is -2.94. The lowest BCUT2D eigenvalue weighted by atomic mass is 10.1. The topological polar surface area (TPSA) is 37.8 Å². The van der Waals surface area contributed by atoms with E-state index in [0.717, 1.165) is 22.5 Å². The van der Waals surface area contributed by atoms with Gasteiger partial charge < -0.3 is 5.32 Å². The first-order valence-corrected chi connectivity index (χ1v) is 7.27. The summed E-state index contributed by atoms with van der Waals surface area (Å²) in [5, 5.41) is 5.66. The quantitative estimate of drug-likeness (QED) is 0.536. The Morgan fingerprint density at radius 2 is 1.50 bits per heavy atom. The third-order valence-electron chi connectivity index (χ3n) is 3.73. The van der Waals surface area contributed by atoms with Crippen molar-refractivity contribution < 1.29 is 0 Å². The zero-order valence-electron chi connectivity index (χ0n) is 12.2. The van der Waals surface area contributed by atoms with Crippen LogP contribution < -0.4 is 5.32 Å². The number of nitrogens with zero attached hydrogens (tertiary/aromatic N) is 2. The molecule has 0 unspecified atom stereocenters. The largest absolute Gasteiger partial charge is 0.339 e. The molecule has 0 spiro atoms. The monoisotopic (exact) mass is 285 g/mol. The van der Waals surface area contributed by atoms with E-state index in [0.29, 0.717) is 0 Å². The van der Waals surface area contributed by atoms with E-state index in [1.165, 1.54) is 16.3 Å². The maximum Gasteiger partial charge on any atom is 0.149 e. The van der Waals surface area contributed by atoms with Crippen LogP contribution in [0.2, 0.25) is 0 Å². The lowest BCUT2D eigenvalue weighted by Gasteiger charge is -2.07. The molecule has 3 heteroatoms. The van der Waals surface area contributed by atoms with Crippen LogP contribution in [0, 0.1) is 6.92 Å². The molecule has 0 aliphatic heterocycles. The van der Waals surface area contributed by atoms with Gasteiger partial charge in [-0.1, -0.05) is 42.0 Å². The highest BCUT2D eigenvalue weighted by molar-refractivity contribution is 5.95. The van der Waals surface area contributed by atoms with E-state index in [-0.39, 0.29) is 0 Å². The first-order chi connectivity index (χ1) is 10.8. The molecule has 0 radical (unpaired) electrons. The maximum absolute atomic E-state index is 4.67. The molecule has 3 nitrogen and oxygen atoms in total. The summed E-state index contributed by atoms with van der Waals surface area (Å²) in [5.74, 6) is 0.756.